The van der Waals surface area contributed by atoms with E-state index in [2.05, 4.69) is 15.3 Å². The number of hydrogen-bond acceptors (Lipinski definition) is 6. The number of aromatic nitrogens is 2. The molecule has 6 nitrogen and oxygen atoms in total. The summed E-state index contributed by atoms with van der Waals surface area (Å²) in [7, 11) is 0. The van der Waals surface area contributed by atoms with E-state index in [1.807, 2.05) is 0 Å². The summed E-state index contributed by atoms with van der Waals surface area (Å²) in [5.74, 6) is -1.21. The van der Waals surface area contributed by atoms with E-state index in [0.29, 0.717) is 0 Å². The predicted octanol–water partition coefficient (Wildman–Crippen LogP) is -1.38. The van der Waals surface area contributed by atoms with Crippen LogP contribution in [-0.4, -0.2) is 33.7 Å². The van der Waals surface area contributed by atoms with Crippen molar-refractivity contribution in [1.29, 1.82) is 0 Å². The van der Waals surface area contributed by atoms with Crippen molar-refractivity contribution in [2.45, 2.75) is 19.9 Å². The van der Waals surface area contributed by atoms with E-state index in [1.165, 1.54) is 0 Å². The molecule has 0 amide bonds. The predicted molar refractivity (Wildman–Crippen MR) is 51.0 cm³/mol. The number of hydrogen-bond donors (Lipinski definition) is 2. The summed E-state index contributed by atoms with van der Waals surface area (Å²) in [6.45, 7) is 2.97. The van der Waals surface area contributed by atoms with Crippen LogP contribution < -0.4 is 10.4 Å². The number of nitrogens with one attached hydrogen (secondary N) is 1. The molecule has 1 heterocycles. The lowest BCUT2D eigenvalue weighted by molar-refractivity contribution is -0.307. The number of anilines is 1. The van der Waals surface area contributed by atoms with Crippen molar-refractivity contribution >= 4 is 11.9 Å². The van der Waals surface area contributed by atoms with E-state index in [1.54, 1.807) is 19.9 Å². The van der Waals surface area contributed by atoms with Crippen molar-refractivity contribution in [3.8, 4) is 0 Å². The van der Waals surface area contributed by atoms with Gasteiger partial charge in [0.15, 0.2) is 0 Å². The fraction of sp³-hybridized carbons (Fsp3) is 0.444. The lowest BCUT2D eigenvalue weighted by Crippen LogP contribution is -2.43. The van der Waals surface area contributed by atoms with E-state index < -0.39 is 18.6 Å². The van der Waals surface area contributed by atoms with Crippen LogP contribution in [0.25, 0.3) is 0 Å². The lowest BCUT2D eigenvalue weighted by Gasteiger charge is -2.17. The zero-order chi connectivity index (χ0) is 11.4. The molecule has 0 unspecified atom stereocenters. The molecule has 0 bridgehead atoms. The quantitative estimate of drug-likeness (QED) is 0.635. The summed E-state index contributed by atoms with van der Waals surface area (Å²) >= 11 is 0. The molecular formula is C9H12N3O3-. The highest BCUT2D eigenvalue weighted by Crippen LogP contribution is 2.04. The Labute approximate surface area is 87.0 Å². The minimum Gasteiger partial charge on any atom is -0.548 e. The fourth-order valence-corrected chi connectivity index (χ4v) is 1.13. The van der Waals surface area contributed by atoms with Crippen LogP contribution in [0.15, 0.2) is 6.07 Å². The number of carboxylic acids is 1. The van der Waals surface area contributed by atoms with E-state index in [0.717, 1.165) is 11.4 Å². The van der Waals surface area contributed by atoms with E-state index >= 15 is 0 Å². The number of rotatable bonds is 4. The summed E-state index contributed by atoms with van der Waals surface area (Å²) < 4.78 is 0. The molecule has 15 heavy (non-hydrogen) atoms. The number of aryl methyl sites for hydroxylation is 2. The minimum atomic E-state index is -1.39. The van der Waals surface area contributed by atoms with Gasteiger partial charge in [-0.25, -0.2) is 9.97 Å². The molecule has 0 radical (unpaired) electrons. The molecular weight excluding hydrogens is 198 g/mol. The Morgan fingerprint density at radius 1 is 1.53 bits per heavy atom. The third kappa shape index (κ3) is 3.17. The molecule has 82 valence electrons. The molecule has 1 aromatic rings. The molecule has 1 aromatic heterocycles. The second-order valence-electron chi connectivity index (χ2n) is 3.17. The Kier molecular flexibility index (Phi) is 3.56. The zero-order valence-corrected chi connectivity index (χ0v) is 8.52. The van der Waals surface area contributed by atoms with Crippen molar-refractivity contribution < 1.29 is 15.0 Å². The van der Waals surface area contributed by atoms with Crippen LogP contribution in [0.4, 0.5) is 5.95 Å². The SMILES string of the molecule is Cc1cc(C)nc(N[C@H](CO)C(=O)[O-])n1. The molecule has 2 N–H and O–H groups in total. The minimum absolute atomic E-state index is 0.177. The van der Waals surface area contributed by atoms with Crippen molar-refractivity contribution in [2.24, 2.45) is 0 Å². The molecule has 0 aromatic carbocycles. The van der Waals surface area contributed by atoms with Gasteiger partial charge in [-0.05, 0) is 19.9 Å². The van der Waals surface area contributed by atoms with Crippen LogP contribution in [0.1, 0.15) is 11.4 Å². The zero-order valence-electron chi connectivity index (χ0n) is 8.52. The maximum atomic E-state index is 10.5. The first kappa shape index (κ1) is 11.4. The maximum Gasteiger partial charge on any atom is 0.223 e. The maximum absolute atomic E-state index is 10.5. The van der Waals surface area contributed by atoms with Crippen LogP contribution in [0, 0.1) is 13.8 Å². The van der Waals surface area contributed by atoms with E-state index in [-0.39, 0.29) is 5.95 Å². The first-order valence-corrected chi connectivity index (χ1v) is 4.43. The van der Waals surface area contributed by atoms with E-state index in [4.69, 9.17) is 5.11 Å². The van der Waals surface area contributed by atoms with E-state index in [9.17, 15) is 9.90 Å². The first-order chi connectivity index (χ1) is 7.02. The van der Waals surface area contributed by atoms with Gasteiger partial charge in [-0.1, -0.05) is 0 Å². The van der Waals surface area contributed by atoms with Crippen molar-refractivity contribution in [2.75, 3.05) is 11.9 Å². The molecule has 6 heteroatoms. The summed E-state index contributed by atoms with van der Waals surface area (Å²) in [5, 5.41) is 21.7. The number of aliphatic carboxylic acids is 1. The molecule has 0 aliphatic heterocycles. The fourth-order valence-electron chi connectivity index (χ4n) is 1.13. The van der Waals surface area contributed by atoms with Gasteiger partial charge >= 0.3 is 0 Å². The van der Waals surface area contributed by atoms with Crippen LogP contribution >= 0.6 is 0 Å². The summed E-state index contributed by atoms with van der Waals surface area (Å²) in [4.78, 5) is 18.5. The molecule has 0 fully saturated rings. The standard InChI is InChI=1S/C9H13N3O3/c1-5-3-6(2)11-9(10-5)12-7(4-13)8(14)15/h3,7,13H,4H2,1-2H3,(H,14,15)(H,10,11,12)/p-1/t7-/m1/s1. The number of nitrogens with zero attached hydrogens (tertiary/aromatic N) is 2. The van der Waals surface area contributed by atoms with Gasteiger partial charge in [0, 0.05) is 11.4 Å². The smallest absolute Gasteiger partial charge is 0.223 e. The van der Waals surface area contributed by atoms with Crippen molar-refractivity contribution in [3.63, 3.8) is 0 Å². The Morgan fingerprint density at radius 2 is 2.07 bits per heavy atom. The third-order valence-corrected chi connectivity index (χ3v) is 1.75. The topological polar surface area (TPSA) is 98.2 Å². The number of carboxylic acid groups (broad SMARTS) is 1. The lowest BCUT2D eigenvalue weighted by atomic mass is 10.3. The second-order valence-corrected chi connectivity index (χ2v) is 3.17. The summed E-state index contributed by atoms with van der Waals surface area (Å²) in [5.41, 5.74) is 1.44. The van der Waals surface area contributed by atoms with Crippen LogP contribution in [0.3, 0.4) is 0 Å². The molecule has 1 atom stereocenters. The Morgan fingerprint density at radius 3 is 2.47 bits per heavy atom. The third-order valence-electron chi connectivity index (χ3n) is 1.75. The molecule has 0 aliphatic rings. The average molecular weight is 210 g/mol. The highest BCUT2D eigenvalue weighted by molar-refractivity contribution is 5.74. The Bertz CT molecular complexity index is 347. The number of carbonyl (C=O) groups excluding carboxylic acids is 1. The number of aliphatic hydroxyl groups is 1. The average Bonchev–Trinajstić information content (AvgIpc) is 2.12. The first-order valence-electron chi connectivity index (χ1n) is 4.43. The van der Waals surface area contributed by atoms with Crippen LogP contribution in [0.2, 0.25) is 0 Å². The van der Waals surface area contributed by atoms with Gasteiger partial charge in [-0.2, -0.15) is 0 Å². The second kappa shape index (κ2) is 4.70. The normalized spacial score (nSPS) is 12.2. The van der Waals surface area contributed by atoms with Crippen LogP contribution in [0.5, 0.6) is 0 Å². The molecule has 0 spiro atoms. The molecule has 0 saturated carbocycles. The number of aliphatic hydroxyl groups excluding tert-OH is 1. The summed E-state index contributed by atoms with van der Waals surface area (Å²) in [6, 6.07) is 0.573. The number of carbonyl (C=O) groups is 1. The van der Waals surface area contributed by atoms with Gasteiger partial charge in [-0.3, -0.25) is 0 Å². The Hall–Kier alpha value is -1.69. The van der Waals surface area contributed by atoms with Gasteiger partial charge in [0.05, 0.1) is 18.6 Å². The highest BCUT2D eigenvalue weighted by Gasteiger charge is 2.09. The largest absolute Gasteiger partial charge is 0.548 e. The van der Waals surface area contributed by atoms with Gasteiger partial charge in [0.1, 0.15) is 0 Å². The van der Waals surface area contributed by atoms with Crippen LogP contribution in [-0.2, 0) is 4.79 Å². The molecule has 0 saturated heterocycles. The Balaban J connectivity index is 2.83. The van der Waals surface area contributed by atoms with Gasteiger partial charge < -0.3 is 20.3 Å². The van der Waals surface area contributed by atoms with Gasteiger partial charge in [0.2, 0.25) is 5.95 Å². The molecule has 0 aliphatic carbocycles. The van der Waals surface area contributed by atoms with Crippen molar-refractivity contribution in [1.82, 2.24) is 9.97 Å². The molecule has 1 rings (SSSR count). The van der Waals surface area contributed by atoms with Crippen molar-refractivity contribution in [3.05, 3.63) is 17.5 Å². The monoisotopic (exact) mass is 210 g/mol. The van der Waals surface area contributed by atoms with Gasteiger partial charge in [-0.15, -0.1) is 0 Å². The van der Waals surface area contributed by atoms with Gasteiger partial charge in [0.25, 0.3) is 0 Å². The summed E-state index contributed by atoms with van der Waals surface area (Å²) in [6.07, 6.45) is 0. The highest BCUT2D eigenvalue weighted by atomic mass is 16.4.